The van der Waals surface area contributed by atoms with Gasteiger partial charge in [-0.05, 0) is 22.9 Å². The lowest BCUT2D eigenvalue weighted by molar-refractivity contribution is 0.0179. The van der Waals surface area contributed by atoms with Crippen LogP contribution in [0.25, 0.3) is 10.1 Å². The predicted molar refractivity (Wildman–Crippen MR) is 71.0 cm³/mol. The summed E-state index contributed by atoms with van der Waals surface area (Å²) in [7, 11) is 1.79. The normalized spacial score (nSPS) is 14.2. The Morgan fingerprint density at radius 2 is 1.88 bits per heavy atom. The van der Waals surface area contributed by atoms with Gasteiger partial charge in [-0.1, -0.05) is 39.0 Å². The molecular weight excluding hydrogens is 216 g/mol. The van der Waals surface area contributed by atoms with Gasteiger partial charge >= 0.3 is 0 Å². The number of hydrogen-bond acceptors (Lipinski definition) is 2. The second-order valence-corrected chi connectivity index (χ2v) is 6.28. The average molecular weight is 234 g/mol. The van der Waals surface area contributed by atoms with Crippen LogP contribution in [0.15, 0.2) is 30.3 Å². The molecule has 0 N–H and O–H groups in total. The Morgan fingerprint density at radius 3 is 2.44 bits per heavy atom. The summed E-state index contributed by atoms with van der Waals surface area (Å²) in [5.74, 6) is 0. The molecule has 86 valence electrons. The monoisotopic (exact) mass is 234 g/mol. The molecular formula is C14H18OS. The summed E-state index contributed by atoms with van der Waals surface area (Å²) in [6.07, 6.45) is 0.171. The highest BCUT2D eigenvalue weighted by Crippen LogP contribution is 2.40. The largest absolute Gasteiger partial charge is 0.375 e. The van der Waals surface area contributed by atoms with Crippen LogP contribution in [-0.2, 0) is 4.74 Å². The van der Waals surface area contributed by atoms with Crippen molar-refractivity contribution in [3.05, 3.63) is 35.2 Å². The predicted octanol–water partition coefficient (Wildman–Crippen LogP) is 4.63. The van der Waals surface area contributed by atoms with Gasteiger partial charge in [0.25, 0.3) is 0 Å². The fourth-order valence-corrected chi connectivity index (χ4v) is 3.42. The van der Waals surface area contributed by atoms with Gasteiger partial charge in [-0.25, -0.2) is 0 Å². The number of benzene rings is 1. The molecule has 0 bridgehead atoms. The zero-order chi connectivity index (χ0) is 11.8. The minimum absolute atomic E-state index is 0.135. The molecule has 16 heavy (non-hydrogen) atoms. The number of methoxy groups -OCH3 is 1. The molecule has 2 aromatic rings. The topological polar surface area (TPSA) is 9.23 Å². The Balaban J connectivity index is 2.46. The summed E-state index contributed by atoms with van der Waals surface area (Å²) in [6.45, 7) is 6.64. The highest BCUT2D eigenvalue weighted by Gasteiger charge is 2.27. The van der Waals surface area contributed by atoms with Crippen LogP contribution < -0.4 is 0 Å². The van der Waals surface area contributed by atoms with Crippen LogP contribution in [0.3, 0.4) is 0 Å². The van der Waals surface area contributed by atoms with Gasteiger partial charge in [-0.3, -0.25) is 0 Å². The van der Waals surface area contributed by atoms with Crippen LogP contribution in [-0.4, -0.2) is 7.11 Å². The zero-order valence-electron chi connectivity index (χ0n) is 10.3. The number of thiophene rings is 1. The molecule has 1 atom stereocenters. The van der Waals surface area contributed by atoms with E-state index < -0.39 is 0 Å². The van der Waals surface area contributed by atoms with E-state index in [4.69, 9.17) is 4.74 Å². The number of fused-ring (bicyclic) bond motifs is 1. The van der Waals surface area contributed by atoms with Gasteiger partial charge in [0.2, 0.25) is 0 Å². The maximum Gasteiger partial charge on any atom is 0.0961 e. The van der Waals surface area contributed by atoms with Crippen LogP contribution in [0.1, 0.15) is 31.8 Å². The van der Waals surface area contributed by atoms with Crippen LogP contribution in [0.4, 0.5) is 0 Å². The van der Waals surface area contributed by atoms with Gasteiger partial charge in [0, 0.05) is 16.7 Å². The Hall–Kier alpha value is -0.860. The SMILES string of the molecule is COC(c1cc2ccccc2s1)C(C)(C)C. The van der Waals surface area contributed by atoms with E-state index in [1.165, 1.54) is 15.0 Å². The van der Waals surface area contributed by atoms with Crippen LogP contribution in [0.2, 0.25) is 0 Å². The van der Waals surface area contributed by atoms with E-state index in [1.54, 1.807) is 7.11 Å². The van der Waals surface area contributed by atoms with Crippen LogP contribution in [0, 0.1) is 5.41 Å². The van der Waals surface area contributed by atoms with E-state index in [1.807, 2.05) is 11.3 Å². The Bertz CT molecular complexity index is 446. The minimum atomic E-state index is 0.135. The number of ether oxygens (including phenoxy) is 1. The van der Waals surface area contributed by atoms with Gasteiger partial charge < -0.3 is 4.74 Å². The summed E-state index contributed by atoms with van der Waals surface area (Å²) in [5, 5.41) is 1.31. The molecule has 0 amide bonds. The van der Waals surface area contributed by atoms with Crippen molar-refractivity contribution < 1.29 is 4.74 Å². The minimum Gasteiger partial charge on any atom is -0.375 e. The summed E-state index contributed by atoms with van der Waals surface area (Å²) in [5.41, 5.74) is 0.135. The lowest BCUT2D eigenvalue weighted by atomic mass is 9.88. The van der Waals surface area contributed by atoms with E-state index in [2.05, 4.69) is 51.1 Å². The Labute approximate surface area is 101 Å². The van der Waals surface area contributed by atoms with Gasteiger partial charge in [0.1, 0.15) is 0 Å². The molecule has 0 aliphatic rings. The third-order valence-corrected chi connectivity index (χ3v) is 3.88. The average Bonchev–Trinajstić information content (AvgIpc) is 2.59. The molecule has 1 nitrogen and oxygen atoms in total. The standard InChI is InChI=1S/C14H18OS/c1-14(2,3)13(15-4)12-9-10-7-5-6-8-11(10)16-12/h5-9,13H,1-4H3. The third-order valence-electron chi connectivity index (χ3n) is 2.73. The summed E-state index contributed by atoms with van der Waals surface area (Å²) < 4.78 is 6.98. The van der Waals surface area contributed by atoms with Crippen molar-refractivity contribution in [2.45, 2.75) is 26.9 Å². The van der Waals surface area contributed by atoms with E-state index in [9.17, 15) is 0 Å². The van der Waals surface area contributed by atoms with E-state index in [0.717, 1.165) is 0 Å². The number of hydrogen-bond donors (Lipinski definition) is 0. The molecule has 2 heteroatoms. The quantitative estimate of drug-likeness (QED) is 0.736. The maximum absolute atomic E-state index is 5.64. The third kappa shape index (κ3) is 2.13. The lowest BCUT2D eigenvalue weighted by Gasteiger charge is -2.28. The van der Waals surface area contributed by atoms with Crippen molar-refractivity contribution in [3.63, 3.8) is 0 Å². The molecule has 1 heterocycles. The summed E-state index contributed by atoms with van der Waals surface area (Å²) in [6, 6.07) is 10.7. The van der Waals surface area contributed by atoms with Crippen molar-refractivity contribution in [3.8, 4) is 0 Å². The molecule has 2 rings (SSSR count). The first kappa shape index (κ1) is 11.6. The molecule has 0 aliphatic heterocycles. The molecule has 0 spiro atoms. The first-order valence-electron chi connectivity index (χ1n) is 5.53. The summed E-state index contributed by atoms with van der Waals surface area (Å²) in [4.78, 5) is 1.32. The van der Waals surface area contributed by atoms with E-state index in [-0.39, 0.29) is 11.5 Å². The fraction of sp³-hybridized carbons (Fsp3) is 0.429. The highest BCUT2D eigenvalue weighted by atomic mass is 32.1. The molecule has 0 saturated carbocycles. The molecule has 1 aromatic carbocycles. The van der Waals surface area contributed by atoms with Crippen LogP contribution >= 0.6 is 11.3 Å². The lowest BCUT2D eigenvalue weighted by Crippen LogP contribution is -2.18. The zero-order valence-corrected chi connectivity index (χ0v) is 11.1. The molecule has 0 fully saturated rings. The van der Waals surface area contributed by atoms with Gasteiger partial charge in [0.15, 0.2) is 0 Å². The van der Waals surface area contributed by atoms with Crippen molar-refractivity contribution >= 4 is 21.4 Å². The van der Waals surface area contributed by atoms with Gasteiger partial charge in [-0.15, -0.1) is 11.3 Å². The second kappa shape index (κ2) is 4.19. The van der Waals surface area contributed by atoms with Crippen molar-refractivity contribution in [2.24, 2.45) is 5.41 Å². The Kier molecular flexibility index (Phi) is 3.04. The van der Waals surface area contributed by atoms with E-state index in [0.29, 0.717) is 0 Å². The van der Waals surface area contributed by atoms with Gasteiger partial charge in [0.05, 0.1) is 6.10 Å². The van der Waals surface area contributed by atoms with E-state index >= 15 is 0 Å². The first-order valence-corrected chi connectivity index (χ1v) is 6.35. The van der Waals surface area contributed by atoms with Crippen molar-refractivity contribution in [2.75, 3.05) is 7.11 Å². The van der Waals surface area contributed by atoms with Gasteiger partial charge in [-0.2, -0.15) is 0 Å². The summed E-state index contributed by atoms with van der Waals surface area (Å²) >= 11 is 1.83. The van der Waals surface area contributed by atoms with Crippen LogP contribution in [0.5, 0.6) is 0 Å². The number of rotatable bonds is 2. The second-order valence-electron chi connectivity index (χ2n) is 5.17. The molecule has 0 saturated heterocycles. The Morgan fingerprint density at radius 1 is 1.19 bits per heavy atom. The maximum atomic E-state index is 5.64. The smallest absolute Gasteiger partial charge is 0.0961 e. The van der Waals surface area contributed by atoms with Crippen molar-refractivity contribution in [1.82, 2.24) is 0 Å². The fourth-order valence-electron chi connectivity index (χ4n) is 2.03. The molecule has 0 aliphatic carbocycles. The first-order chi connectivity index (χ1) is 7.52. The van der Waals surface area contributed by atoms with Crippen molar-refractivity contribution in [1.29, 1.82) is 0 Å². The molecule has 0 radical (unpaired) electrons. The highest BCUT2D eigenvalue weighted by molar-refractivity contribution is 7.19. The molecule has 1 unspecified atom stereocenters. The molecule has 1 aromatic heterocycles.